The van der Waals surface area contributed by atoms with Crippen LogP contribution in [0.1, 0.15) is 39.3 Å². The van der Waals surface area contributed by atoms with Crippen molar-refractivity contribution in [2.45, 2.75) is 18.6 Å². The molecular formula is C28H21NO6. The van der Waals surface area contributed by atoms with Crippen molar-refractivity contribution in [1.82, 2.24) is 0 Å². The Bertz CT molecular complexity index is 1350. The Hall–Kier alpha value is -4.10. The van der Waals surface area contributed by atoms with E-state index in [1.165, 1.54) is 0 Å². The average molecular weight is 467 g/mol. The number of imide groups is 1. The third-order valence-electron chi connectivity index (χ3n) is 7.05. The van der Waals surface area contributed by atoms with E-state index in [9.17, 15) is 19.2 Å². The number of benzene rings is 3. The number of hydrogen-bond donors (Lipinski definition) is 0. The highest BCUT2D eigenvalue weighted by Crippen LogP contribution is 2.57. The fourth-order valence-corrected chi connectivity index (χ4v) is 5.57. The van der Waals surface area contributed by atoms with Gasteiger partial charge >= 0.3 is 0 Å². The molecule has 0 radical (unpaired) electrons. The summed E-state index contributed by atoms with van der Waals surface area (Å²) in [5.74, 6) is -3.92. The molecule has 7 nitrogen and oxygen atoms in total. The number of anilines is 1. The van der Waals surface area contributed by atoms with E-state index < -0.39 is 46.9 Å². The van der Waals surface area contributed by atoms with Gasteiger partial charge in [-0.1, -0.05) is 54.6 Å². The standard InChI is InChI=1S/C28H21NO6/c1-2-34-18-14-12-17(13-15-18)29-26(32)21-22(27(29)33)28(35-23(21)16-8-4-3-5-9-16)24(30)19-10-6-7-11-20(19)25(28)31/h3-15,21-23H,2H2,1H3. The zero-order valence-electron chi connectivity index (χ0n) is 18.8. The molecule has 3 aromatic carbocycles. The molecule has 2 heterocycles. The second kappa shape index (κ2) is 7.71. The van der Waals surface area contributed by atoms with Crippen molar-refractivity contribution in [2.24, 2.45) is 11.8 Å². The van der Waals surface area contributed by atoms with Gasteiger partial charge in [-0.3, -0.25) is 19.2 Å². The van der Waals surface area contributed by atoms with Crippen LogP contribution >= 0.6 is 0 Å². The highest BCUT2D eigenvalue weighted by molar-refractivity contribution is 6.37. The second-order valence-electron chi connectivity index (χ2n) is 8.83. The molecule has 1 aliphatic carbocycles. The first-order chi connectivity index (χ1) is 17.0. The summed E-state index contributed by atoms with van der Waals surface area (Å²) in [6.45, 7) is 2.34. The minimum atomic E-state index is -2.07. The first-order valence-corrected chi connectivity index (χ1v) is 11.5. The molecule has 2 fully saturated rings. The molecule has 2 amide bonds. The number of carbonyl (C=O) groups excluding carboxylic acids is 4. The van der Waals surface area contributed by atoms with Gasteiger partial charge in [-0.2, -0.15) is 0 Å². The van der Waals surface area contributed by atoms with Crippen molar-refractivity contribution >= 4 is 29.1 Å². The summed E-state index contributed by atoms with van der Waals surface area (Å²) >= 11 is 0. The van der Waals surface area contributed by atoms with E-state index in [2.05, 4.69) is 0 Å². The maximum atomic E-state index is 13.9. The molecule has 0 bridgehead atoms. The average Bonchev–Trinajstić information content (AvgIpc) is 3.45. The highest BCUT2D eigenvalue weighted by Gasteiger charge is 2.74. The Labute approximate surface area is 201 Å². The smallest absolute Gasteiger partial charge is 0.241 e. The lowest BCUT2D eigenvalue weighted by Gasteiger charge is -2.27. The molecule has 2 aliphatic heterocycles. The highest BCUT2D eigenvalue weighted by atomic mass is 16.5. The van der Waals surface area contributed by atoms with Crippen LogP contribution in [-0.2, 0) is 14.3 Å². The topological polar surface area (TPSA) is 90.0 Å². The van der Waals surface area contributed by atoms with Gasteiger partial charge < -0.3 is 9.47 Å². The molecule has 7 heteroatoms. The van der Waals surface area contributed by atoms with Crippen molar-refractivity contribution in [3.8, 4) is 5.75 Å². The first kappa shape index (κ1) is 21.4. The van der Waals surface area contributed by atoms with E-state index in [0.29, 0.717) is 23.6 Å². The third-order valence-corrected chi connectivity index (χ3v) is 7.05. The summed E-state index contributed by atoms with van der Waals surface area (Å²) in [5.41, 5.74) is -0.656. The zero-order valence-corrected chi connectivity index (χ0v) is 18.8. The summed E-state index contributed by atoms with van der Waals surface area (Å²) in [5, 5.41) is 0. The van der Waals surface area contributed by atoms with Gasteiger partial charge in [0.2, 0.25) is 29.0 Å². The number of carbonyl (C=O) groups is 4. The summed E-state index contributed by atoms with van der Waals surface area (Å²) in [6, 6.07) is 22.0. The second-order valence-corrected chi connectivity index (χ2v) is 8.83. The quantitative estimate of drug-likeness (QED) is 0.429. The monoisotopic (exact) mass is 467 g/mol. The summed E-state index contributed by atoms with van der Waals surface area (Å²) in [4.78, 5) is 56.2. The molecule has 0 aromatic heterocycles. The normalized spacial score (nSPS) is 24.3. The van der Waals surface area contributed by atoms with Gasteiger partial charge in [0.1, 0.15) is 5.75 Å². The first-order valence-electron chi connectivity index (χ1n) is 11.5. The van der Waals surface area contributed by atoms with Gasteiger partial charge in [-0.05, 0) is 36.8 Å². The summed E-state index contributed by atoms with van der Waals surface area (Å²) < 4.78 is 11.7. The molecule has 1 spiro atoms. The van der Waals surface area contributed by atoms with Crippen LogP contribution in [0.2, 0.25) is 0 Å². The van der Waals surface area contributed by atoms with E-state index in [0.717, 1.165) is 4.90 Å². The number of ether oxygens (including phenoxy) is 2. The van der Waals surface area contributed by atoms with Gasteiger partial charge in [0.05, 0.1) is 30.2 Å². The van der Waals surface area contributed by atoms with E-state index >= 15 is 0 Å². The zero-order chi connectivity index (χ0) is 24.3. The molecule has 0 saturated carbocycles. The number of rotatable bonds is 4. The van der Waals surface area contributed by atoms with Crippen LogP contribution in [0.25, 0.3) is 0 Å². The molecule has 3 unspecified atom stereocenters. The van der Waals surface area contributed by atoms with Crippen molar-refractivity contribution in [3.05, 3.63) is 95.6 Å². The Balaban J connectivity index is 1.49. The minimum absolute atomic E-state index is 0.213. The minimum Gasteiger partial charge on any atom is -0.494 e. The lowest BCUT2D eigenvalue weighted by atomic mass is 9.77. The van der Waals surface area contributed by atoms with Gasteiger partial charge in [0, 0.05) is 11.1 Å². The molecule has 3 aliphatic rings. The van der Waals surface area contributed by atoms with Gasteiger partial charge in [0.15, 0.2) is 0 Å². The Morgan fingerprint density at radius 2 is 1.40 bits per heavy atom. The van der Waals surface area contributed by atoms with E-state index in [4.69, 9.17) is 9.47 Å². The molecule has 6 rings (SSSR count). The maximum absolute atomic E-state index is 13.9. The van der Waals surface area contributed by atoms with Crippen LogP contribution in [0.4, 0.5) is 5.69 Å². The van der Waals surface area contributed by atoms with Crippen LogP contribution < -0.4 is 9.64 Å². The van der Waals surface area contributed by atoms with Gasteiger partial charge in [-0.15, -0.1) is 0 Å². The van der Waals surface area contributed by atoms with Gasteiger partial charge in [-0.25, -0.2) is 4.90 Å². The number of amides is 2. The van der Waals surface area contributed by atoms with E-state index in [1.807, 2.05) is 13.0 Å². The van der Waals surface area contributed by atoms with Crippen LogP contribution in [0, 0.1) is 11.8 Å². The number of fused-ring (bicyclic) bond motifs is 3. The molecular weight excluding hydrogens is 446 g/mol. The fraction of sp³-hybridized carbons (Fsp3) is 0.214. The molecule has 2 saturated heterocycles. The largest absolute Gasteiger partial charge is 0.494 e. The summed E-state index contributed by atoms with van der Waals surface area (Å²) in [7, 11) is 0. The Kier molecular flexibility index (Phi) is 4.72. The number of nitrogens with zero attached hydrogens (tertiary/aromatic N) is 1. The SMILES string of the molecule is CCOc1ccc(N2C(=O)C3C(c4ccccc4)OC4(C(=O)c5ccccc5C4=O)C3C2=O)cc1. The molecule has 3 aromatic rings. The third kappa shape index (κ3) is 2.82. The lowest BCUT2D eigenvalue weighted by Crippen LogP contribution is -2.51. The maximum Gasteiger partial charge on any atom is 0.241 e. The lowest BCUT2D eigenvalue weighted by molar-refractivity contribution is -0.127. The predicted octanol–water partition coefficient (Wildman–Crippen LogP) is 3.78. The van der Waals surface area contributed by atoms with Crippen LogP contribution in [0.5, 0.6) is 5.75 Å². The number of Topliss-reactive ketones (excluding diaryl/α,β-unsaturated/α-hetero) is 2. The van der Waals surface area contributed by atoms with Crippen molar-refractivity contribution in [3.63, 3.8) is 0 Å². The van der Waals surface area contributed by atoms with E-state index in [-0.39, 0.29) is 11.1 Å². The van der Waals surface area contributed by atoms with Crippen LogP contribution in [0.3, 0.4) is 0 Å². The van der Waals surface area contributed by atoms with Crippen LogP contribution in [-0.4, -0.2) is 35.6 Å². The van der Waals surface area contributed by atoms with Crippen molar-refractivity contribution < 1.29 is 28.7 Å². The molecule has 35 heavy (non-hydrogen) atoms. The van der Waals surface area contributed by atoms with E-state index in [1.54, 1.807) is 72.8 Å². The molecule has 0 N–H and O–H groups in total. The number of ketones is 2. The Morgan fingerprint density at radius 1 is 0.800 bits per heavy atom. The fourth-order valence-electron chi connectivity index (χ4n) is 5.57. The number of hydrogen-bond acceptors (Lipinski definition) is 6. The van der Waals surface area contributed by atoms with Crippen molar-refractivity contribution in [2.75, 3.05) is 11.5 Å². The Morgan fingerprint density at radius 3 is 2.00 bits per heavy atom. The van der Waals surface area contributed by atoms with Crippen LogP contribution in [0.15, 0.2) is 78.9 Å². The molecule has 174 valence electrons. The van der Waals surface area contributed by atoms with Crippen molar-refractivity contribution in [1.29, 1.82) is 0 Å². The molecule has 3 atom stereocenters. The summed E-state index contributed by atoms with van der Waals surface area (Å²) in [6.07, 6.45) is -0.924. The predicted molar refractivity (Wildman–Crippen MR) is 125 cm³/mol. The van der Waals surface area contributed by atoms with Gasteiger partial charge in [0.25, 0.3) is 0 Å².